The van der Waals surface area contributed by atoms with E-state index in [1.807, 2.05) is 13.0 Å². The maximum atomic E-state index is 13.1. The van der Waals surface area contributed by atoms with Crippen molar-refractivity contribution in [1.82, 2.24) is 9.38 Å². The largest absolute Gasteiger partial charge is 0.457 e. The van der Waals surface area contributed by atoms with Crippen LogP contribution in [-0.4, -0.2) is 20.5 Å². The highest BCUT2D eigenvalue weighted by Crippen LogP contribution is 2.31. The van der Waals surface area contributed by atoms with Crippen LogP contribution < -0.4 is 5.56 Å². The van der Waals surface area contributed by atoms with E-state index in [0.717, 1.165) is 5.56 Å². The zero-order valence-corrected chi connectivity index (χ0v) is 16.4. The smallest absolute Gasteiger partial charge is 0.348 e. The standard InChI is InChI=1S/C24H20N2O4/c1-17-9-8-14-26-21(27)15-20(25-22(17)26)16-30-23(28)24(29,18-10-4-2-5-11-18)19-12-6-3-7-13-19/h2-15,29H,16H2,1H3. The first-order chi connectivity index (χ1) is 14.5. The highest BCUT2D eigenvalue weighted by atomic mass is 16.5. The van der Waals surface area contributed by atoms with Gasteiger partial charge in [0.05, 0.1) is 5.69 Å². The van der Waals surface area contributed by atoms with Gasteiger partial charge in [-0.25, -0.2) is 9.78 Å². The van der Waals surface area contributed by atoms with E-state index in [-0.39, 0.29) is 12.2 Å². The van der Waals surface area contributed by atoms with E-state index >= 15 is 0 Å². The maximum Gasteiger partial charge on any atom is 0.348 e. The summed E-state index contributed by atoms with van der Waals surface area (Å²) >= 11 is 0. The zero-order valence-electron chi connectivity index (χ0n) is 16.4. The summed E-state index contributed by atoms with van der Waals surface area (Å²) in [6, 6.07) is 22.2. The van der Waals surface area contributed by atoms with Crippen molar-refractivity contribution in [3.63, 3.8) is 0 Å². The number of nitrogens with zero attached hydrogens (tertiary/aromatic N) is 2. The summed E-state index contributed by atoms with van der Waals surface area (Å²) in [5.74, 6) is -0.841. The van der Waals surface area contributed by atoms with Gasteiger partial charge in [0.25, 0.3) is 5.56 Å². The molecule has 0 unspecified atom stereocenters. The van der Waals surface area contributed by atoms with Gasteiger partial charge >= 0.3 is 5.97 Å². The molecule has 0 saturated heterocycles. The molecular weight excluding hydrogens is 380 g/mol. The topological polar surface area (TPSA) is 80.9 Å². The van der Waals surface area contributed by atoms with Gasteiger partial charge in [-0.05, 0) is 29.7 Å². The van der Waals surface area contributed by atoms with Crippen molar-refractivity contribution in [3.05, 3.63) is 118 Å². The van der Waals surface area contributed by atoms with Crippen molar-refractivity contribution in [3.8, 4) is 0 Å². The van der Waals surface area contributed by atoms with E-state index in [1.165, 1.54) is 10.5 Å². The lowest BCUT2D eigenvalue weighted by Gasteiger charge is -2.27. The summed E-state index contributed by atoms with van der Waals surface area (Å²) in [4.78, 5) is 29.9. The summed E-state index contributed by atoms with van der Waals surface area (Å²) < 4.78 is 6.88. The third kappa shape index (κ3) is 3.49. The molecule has 0 aliphatic rings. The molecule has 0 saturated carbocycles. The number of carbonyl (C=O) groups excluding carboxylic acids is 1. The number of rotatable bonds is 5. The summed E-state index contributed by atoms with van der Waals surface area (Å²) in [6.45, 7) is 1.61. The zero-order chi connectivity index (χ0) is 21.1. The summed E-state index contributed by atoms with van der Waals surface area (Å²) in [5, 5.41) is 11.4. The van der Waals surface area contributed by atoms with E-state index in [2.05, 4.69) is 4.98 Å². The highest BCUT2D eigenvalue weighted by Gasteiger charge is 2.41. The van der Waals surface area contributed by atoms with Crippen LogP contribution >= 0.6 is 0 Å². The van der Waals surface area contributed by atoms with Crippen LogP contribution in [0.1, 0.15) is 22.4 Å². The lowest BCUT2D eigenvalue weighted by atomic mass is 9.86. The lowest BCUT2D eigenvalue weighted by molar-refractivity contribution is -0.163. The molecule has 0 spiro atoms. The van der Waals surface area contributed by atoms with Crippen LogP contribution in [0.15, 0.2) is 89.9 Å². The molecule has 1 N–H and O–H groups in total. The SMILES string of the molecule is Cc1cccn2c(=O)cc(COC(=O)C(O)(c3ccccc3)c3ccccc3)nc12. The van der Waals surface area contributed by atoms with Gasteiger partial charge in [-0.15, -0.1) is 0 Å². The molecule has 0 atom stereocenters. The Kier molecular flexibility index (Phi) is 5.16. The Bertz CT molecular complexity index is 1210. The van der Waals surface area contributed by atoms with Crippen LogP contribution in [0.2, 0.25) is 0 Å². The number of carbonyl (C=O) groups is 1. The van der Waals surface area contributed by atoms with Crippen molar-refractivity contribution >= 4 is 11.6 Å². The van der Waals surface area contributed by atoms with E-state index in [9.17, 15) is 14.7 Å². The average Bonchev–Trinajstić information content (AvgIpc) is 2.79. The van der Waals surface area contributed by atoms with E-state index in [1.54, 1.807) is 72.9 Å². The molecule has 30 heavy (non-hydrogen) atoms. The highest BCUT2D eigenvalue weighted by molar-refractivity contribution is 5.85. The Morgan fingerprint density at radius 3 is 2.20 bits per heavy atom. The van der Waals surface area contributed by atoms with Crippen molar-refractivity contribution in [2.45, 2.75) is 19.1 Å². The first kappa shape index (κ1) is 19.5. The molecule has 2 aromatic heterocycles. The van der Waals surface area contributed by atoms with Crippen LogP contribution in [0.4, 0.5) is 0 Å². The normalized spacial score (nSPS) is 11.4. The number of esters is 1. The summed E-state index contributed by atoms with van der Waals surface area (Å²) in [7, 11) is 0. The fourth-order valence-corrected chi connectivity index (χ4v) is 3.39. The van der Waals surface area contributed by atoms with Gasteiger partial charge in [-0.2, -0.15) is 0 Å². The number of ether oxygens (including phenoxy) is 1. The Morgan fingerprint density at radius 1 is 1.00 bits per heavy atom. The number of benzene rings is 2. The minimum atomic E-state index is -1.98. The minimum absolute atomic E-state index is 0.235. The molecule has 0 radical (unpaired) electrons. The number of fused-ring (bicyclic) bond motifs is 1. The number of aryl methyl sites for hydroxylation is 1. The maximum absolute atomic E-state index is 13.1. The Hall–Kier alpha value is -3.77. The lowest BCUT2D eigenvalue weighted by Crippen LogP contribution is -2.38. The molecule has 0 bridgehead atoms. The molecule has 0 aliphatic carbocycles. The molecule has 150 valence electrons. The Balaban J connectivity index is 1.67. The van der Waals surface area contributed by atoms with Crippen LogP contribution in [0.5, 0.6) is 0 Å². The van der Waals surface area contributed by atoms with Crippen molar-refractivity contribution in [2.24, 2.45) is 0 Å². The molecule has 2 heterocycles. The molecule has 0 aliphatic heterocycles. The predicted molar refractivity (Wildman–Crippen MR) is 112 cm³/mol. The number of hydrogen-bond acceptors (Lipinski definition) is 5. The first-order valence-corrected chi connectivity index (χ1v) is 9.48. The molecule has 6 nitrogen and oxygen atoms in total. The first-order valence-electron chi connectivity index (χ1n) is 9.48. The van der Waals surface area contributed by atoms with Crippen LogP contribution in [-0.2, 0) is 21.7 Å². The number of pyridine rings is 1. The molecule has 4 aromatic rings. The Labute approximate surface area is 173 Å². The molecule has 4 rings (SSSR count). The number of hydrogen-bond donors (Lipinski definition) is 1. The monoisotopic (exact) mass is 400 g/mol. The van der Waals surface area contributed by atoms with E-state index in [4.69, 9.17) is 4.74 Å². The minimum Gasteiger partial charge on any atom is -0.457 e. The van der Waals surface area contributed by atoms with Gasteiger partial charge in [0, 0.05) is 12.3 Å². The second-order valence-electron chi connectivity index (χ2n) is 6.99. The summed E-state index contributed by atoms with van der Waals surface area (Å²) in [6.07, 6.45) is 1.64. The second kappa shape index (κ2) is 7.93. The van der Waals surface area contributed by atoms with Gasteiger partial charge in [-0.3, -0.25) is 9.20 Å². The van der Waals surface area contributed by atoms with Crippen molar-refractivity contribution in [2.75, 3.05) is 0 Å². The van der Waals surface area contributed by atoms with Crippen LogP contribution in [0, 0.1) is 6.92 Å². The average molecular weight is 400 g/mol. The third-order valence-corrected chi connectivity index (χ3v) is 4.97. The fraction of sp³-hybridized carbons (Fsp3) is 0.125. The van der Waals surface area contributed by atoms with Gasteiger partial charge in [-0.1, -0.05) is 66.7 Å². The fourth-order valence-electron chi connectivity index (χ4n) is 3.39. The summed E-state index contributed by atoms with van der Waals surface area (Å²) in [5.41, 5.74) is 0.171. The Morgan fingerprint density at radius 2 is 1.60 bits per heavy atom. The van der Waals surface area contributed by atoms with Crippen molar-refractivity contribution < 1.29 is 14.6 Å². The molecule has 6 heteroatoms. The molecule has 0 amide bonds. The van der Waals surface area contributed by atoms with Gasteiger partial charge in [0.1, 0.15) is 12.3 Å². The molecular formula is C24H20N2O4. The predicted octanol–water partition coefficient (Wildman–Crippen LogP) is 2.98. The van der Waals surface area contributed by atoms with Gasteiger partial charge in [0.2, 0.25) is 5.60 Å². The number of aliphatic hydroxyl groups is 1. The number of aromatic nitrogens is 2. The van der Waals surface area contributed by atoms with Gasteiger partial charge in [0.15, 0.2) is 0 Å². The van der Waals surface area contributed by atoms with E-state index in [0.29, 0.717) is 22.5 Å². The quantitative estimate of drug-likeness (QED) is 0.521. The second-order valence-corrected chi connectivity index (χ2v) is 6.99. The van der Waals surface area contributed by atoms with E-state index < -0.39 is 11.6 Å². The third-order valence-electron chi connectivity index (χ3n) is 4.97. The molecule has 2 aromatic carbocycles. The van der Waals surface area contributed by atoms with Crippen molar-refractivity contribution in [1.29, 1.82) is 0 Å². The van der Waals surface area contributed by atoms with Crippen LogP contribution in [0.25, 0.3) is 5.65 Å². The molecule has 0 fully saturated rings. The van der Waals surface area contributed by atoms with Crippen LogP contribution in [0.3, 0.4) is 0 Å². The van der Waals surface area contributed by atoms with Gasteiger partial charge < -0.3 is 9.84 Å².